The van der Waals surface area contributed by atoms with Crippen LogP contribution in [0.25, 0.3) is 0 Å². The quantitative estimate of drug-likeness (QED) is 0.596. The van der Waals surface area contributed by atoms with Crippen LogP contribution in [0.3, 0.4) is 0 Å². The number of halogens is 3. The van der Waals surface area contributed by atoms with Gasteiger partial charge in [-0.2, -0.15) is 31.6 Å². The van der Waals surface area contributed by atoms with E-state index in [9.17, 15) is 13.4 Å². The summed E-state index contributed by atoms with van der Waals surface area (Å²) in [5, 5.41) is 0. The zero-order valence-corrected chi connectivity index (χ0v) is 5.48. The van der Waals surface area contributed by atoms with Crippen molar-refractivity contribution in [3.8, 4) is 0 Å². The van der Waals surface area contributed by atoms with Gasteiger partial charge in [0.2, 0.25) is 0 Å². The van der Waals surface area contributed by atoms with Gasteiger partial charge in [0.25, 0.3) is 17.8 Å². The van der Waals surface area contributed by atoms with E-state index in [0.29, 0.717) is 0 Å². The number of aromatic nitrogens is 3. The van der Waals surface area contributed by atoms with Crippen molar-refractivity contribution in [1.82, 2.24) is 15.0 Å². The van der Waals surface area contributed by atoms with Crippen LogP contribution in [0.4, 0.5) is 31.3 Å². The topological polar surface area (TPSA) is 74.8 Å². The van der Waals surface area contributed by atoms with Crippen LogP contribution in [0.5, 0.6) is 0 Å². The fourth-order valence-corrected chi connectivity index (χ4v) is 0.503. The number of nitrogens with one attached hydrogen (secondary N) is 3. The maximum Gasteiger partial charge on any atom is 0.258 e. The zero-order chi connectivity index (χ0) is 8.97. The van der Waals surface area contributed by atoms with Crippen molar-refractivity contribution in [2.24, 2.45) is 0 Å². The average Bonchev–Trinajstić information content (AvgIpc) is 2.16. The number of rotatable bonds is 3. The Labute approximate surface area is 64.0 Å². The summed E-state index contributed by atoms with van der Waals surface area (Å²) < 4.78 is 35.0. The van der Waals surface area contributed by atoms with E-state index in [1.807, 2.05) is 0 Å². The van der Waals surface area contributed by atoms with Crippen LogP contribution >= 0.6 is 0 Å². The molecule has 0 radical (unpaired) electrons. The first-order valence-corrected chi connectivity index (χ1v) is 2.66. The first-order chi connectivity index (χ1) is 5.80. The Balaban J connectivity index is 3.01. The van der Waals surface area contributed by atoms with E-state index >= 15 is 0 Å². The van der Waals surface area contributed by atoms with Gasteiger partial charge in [0.05, 0.1) is 0 Å². The van der Waals surface area contributed by atoms with E-state index in [2.05, 4.69) is 15.0 Å². The molecule has 0 saturated carbocycles. The summed E-state index contributed by atoms with van der Waals surface area (Å²) in [5.74, 6) is -1.82. The molecule has 0 aromatic carbocycles. The summed E-state index contributed by atoms with van der Waals surface area (Å²) in [7, 11) is 0. The van der Waals surface area contributed by atoms with Crippen LogP contribution < -0.4 is 16.6 Å². The summed E-state index contributed by atoms with van der Waals surface area (Å²) in [6.45, 7) is 0. The van der Waals surface area contributed by atoms with Gasteiger partial charge in [0.15, 0.2) is 0 Å². The normalized spacial score (nSPS) is 9.25. The highest BCUT2D eigenvalue weighted by Crippen LogP contribution is 2.08. The van der Waals surface area contributed by atoms with E-state index in [0.717, 1.165) is 16.6 Å². The molecular weight excluding hydrogens is 177 g/mol. The minimum absolute atomic E-state index is 0.606. The predicted octanol–water partition coefficient (Wildman–Crippen LogP) is 0.761. The minimum atomic E-state index is -0.606. The maximum absolute atomic E-state index is 11.7. The highest BCUT2D eigenvalue weighted by Gasteiger charge is 2.04. The Kier molecular flexibility index (Phi) is 2.46. The van der Waals surface area contributed by atoms with Crippen LogP contribution in [0, 0.1) is 0 Å². The molecule has 0 aliphatic heterocycles. The monoisotopic (exact) mass is 180 g/mol. The fraction of sp³-hybridized carbons (Fsp3) is 0. The van der Waals surface area contributed by atoms with Gasteiger partial charge in [0.1, 0.15) is 0 Å². The molecule has 12 heavy (non-hydrogen) atoms. The standard InChI is InChI=1S/C3H3F3N6/c4-10-1-7-2(11-5)9-3(8-1)12-6/h(H3,7,8,9,10,11,12). The van der Waals surface area contributed by atoms with Gasteiger partial charge >= 0.3 is 0 Å². The summed E-state index contributed by atoms with van der Waals surface area (Å²) >= 11 is 0. The summed E-state index contributed by atoms with van der Waals surface area (Å²) in [4.78, 5) is 9.35. The van der Waals surface area contributed by atoms with Crippen molar-refractivity contribution >= 4 is 17.8 Å². The number of nitrogens with zero attached hydrogens (tertiary/aromatic N) is 3. The van der Waals surface area contributed by atoms with Crippen molar-refractivity contribution < 1.29 is 13.4 Å². The summed E-state index contributed by atoms with van der Waals surface area (Å²) in [5.41, 5.74) is 3.00. The van der Waals surface area contributed by atoms with Crippen molar-refractivity contribution in [2.45, 2.75) is 0 Å². The molecule has 0 aliphatic carbocycles. The lowest BCUT2D eigenvalue weighted by Crippen LogP contribution is -2.02. The first kappa shape index (κ1) is 8.30. The van der Waals surface area contributed by atoms with Crippen LogP contribution in [0.1, 0.15) is 0 Å². The Morgan fingerprint density at radius 1 is 0.667 bits per heavy atom. The Morgan fingerprint density at radius 3 is 1.08 bits per heavy atom. The average molecular weight is 180 g/mol. The summed E-state index contributed by atoms with van der Waals surface area (Å²) in [6, 6.07) is 0. The minimum Gasteiger partial charge on any atom is -0.189 e. The SMILES string of the molecule is FNc1nc(NF)nc(NF)n1. The van der Waals surface area contributed by atoms with Gasteiger partial charge in [-0.05, 0) is 0 Å². The third-order valence-electron chi connectivity index (χ3n) is 0.889. The molecule has 1 aromatic heterocycles. The van der Waals surface area contributed by atoms with Gasteiger partial charge in [-0.15, -0.1) is 13.4 Å². The zero-order valence-electron chi connectivity index (χ0n) is 5.48. The van der Waals surface area contributed by atoms with Gasteiger partial charge < -0.3 is 0 Å². The smallest absolute Gasteiger partial charge is 0.189 e. The van der Waals surface area contributed by atoms with Crippen LogP contribution in [0.15, 0.2) is 0 Å². The third-order valence-corrected chi connectivity index (χ3v) is 0.889. The lowest BCUT2D eigenvalue weighted by atomic mass is 10.8. The summed E-state index contributed by atoms with van der Waals surface area (Å²) in [6.07, 6.45) is 0. The molecule has 0 fully saturated rings. The second kappa shape index (κ2) is 3.55. The van der Waals surface area contributed by atoms with Crippen molar-refractivity contribution in [1.29, 1.82) is 0 Å². The van der Waals surface area contributed by atoms with E-state index in [-0.39, 0.29) is 0 Å². The highest BCUT2D eigenvalue weighted by molar-refractivity contribution is 5.38. The molecule has 0 bridgehead atoms. The molecule has 0 spiro atoms. The van der Waals surface area contributed by atoms with Gasteiger partial charge in [-0.25, -0.2) is 0 Å². The van der Waals surface area contributed by atoms with Gasteiger partial charge in [-0.1, -0.05) is 0 Å². The number of anilines is 3. The highest BCUT2D eigenvalue weighted by atomic mass is 19.2. The van der Waals surface area contributed by atoms with Crippen molar-refractivity contribution in [3.05, 3.63) is 0 Å². The molecule has 1 rings (SSSR count). The van der Waals surface area contributed by atoms with E-state index in [1.165, 1.54) is 0 Å². The lowest BCUT2D eigenvalue weighted by molar-refractivity contribution is 0.577. The second-order valence-corrected chi connectivity index (χ2v) is 1.59. The fourth-order valence-electron chi connectivity index (χ4n) is 0.503. The molecule has 0 amide bonds. The molecular formula is C3H3F3N6. The molecule has 9 heteroatoms. The molecule has 0 unspecified atom stereocenters. The Hall–Kier alpha value is -1.80. The lowest BCUT2D eigenvalue weighted by Gasteiger charge is -1.99. The van der Waals surface area contributed by atoms with Gasteiger partial charge in [-0.3, -0.25) is 0 Å². The van der Waals surface area contributed by atoms with Crippen molar-refractivity contribution in [2.75, 3.05) is 16.6 Å². The molecule has 0 atom stereocenters. The first-order valence-electron chi connectivity index (χ1n) is 2.66. The molecule has 3 N–H and O–H groups in total. The van der Waals surface area contributed by atoms with Crippen LogP contribution in [-0.4, -0.2) is 15.0 Å². The molecule has 0 saturated heterocycles. The second-order valence-electron chi connectivity index (χ2n) is 1.59. The van der Waals surface area contributed by atoms with Crippen LogP contribution in [0.2, 0.25) is 0 Å². The predicted molar refractivity (Wildman–Crippen MR) is 34.0 cm³/mol. The molecule has 66 valence electrons. The Morgan fingerprint density at radius 2 is 0.917 bits per heavy atom. The van der Waals surface area contributed by atoms with E-state index in [1.54, 1.807) is 0 Å². The third kappa shape index (κ3) is 1.62. The van der Waals surface area contributed by atoms with Gasteiger partial charge in [0, 0.05) is 0 Å². The largest absolute Gasteiger partial charge is 0.258 e. The maximum atomic E-state index is 11.7. The number of hydrogen-bond donors (Lipinski definition) is 3. The molecule has 6 nitrogen and oxygen atoms in total. The molecule has 1 heterocycles. The van der Waals surface area contributed by atoms with Crippen molar-refractivity contribution in [3.63, 3.8) is 0 Å². The van der Waals surface area contributed by atoms with Crippen LogP contribution in [-0.2, 0) is 0 Å². The Bertz CT molecular complexity index is 211. The van der Waals surface area contributed by atoms with E-state index in [4.69, 9.17) is 0 Å². The molecule has 1 aromatic rings. The van der Waals surface area contributed by atoms with E-state index < -0.39 is 17.8 Å². The number of hydrogen-bond acceptors (Lipinski definition) is 6. The molecule has 0 aliphatic rings.